The first kappa shape index (κ1) is 17.2. The summed E-state index contributed by atoms with van der Waals surface area (Å²) in [5.74, 6) is 0.666. The molecule has 1 amide bonds. The summed E-state index contributed by atoms with van der Waals surface area (Å²) in [4.78, 5) is 16.1. The molecule has 1 aromatic carbocycles. The lowest BCUT2D eigenvalue weighted by atomic mass is 10.2. The molecule has 1 aromatic heterocycles. The lowest BCUT2D eigenvalue weighted by molar-refractivity contribution is -0.116. The Bertz CT molecular complexity index is 665. The van der Waals surface area contributed by atoms with Crippen LogP contribution in [-0.4, -0.2) is 17.4 Å². The monoisotopic (exact) mass is 330 g/mol. The molecule has 0 atom stereocenters. The second kappa shape index (κ2) is 9.10. The highest BCUT2D eigenvalue weighted by molar-refractivity contribution is 7.09. The van der Waals surface area contributed by atoms with E-state index in [1.54, 1.807) is 23.5 Å². The molecule has 0 aliphatic rings. The molecule has 4 nitrogen and oxygen atoms in total. The lowest BCUT2D eigenvalue weighted by Crippen LogP contribution is -2.21. The molecule has 0 bridgehead atoms. The van der Waals surface area contributed by atoms with E-state index < -0.39 is 0 Å². The Kier molecular flexibility index (Phi) is 6.81. The molecule has 5 heteroatoms. The molecule has 0 unspecified atom stereocenters. The van der Waals surface area contributed by atoms with Gasteiger partial charge < -0.3 is 10.1 Å². The molecule has 1 heterocycles. The summed E-state index contributed by atoms with van der Waals surface area (Å²) in [7, 11) is 0. The fourth-order valence-electron chi connectivity index (χ4n) is 1.99. The van der Waals surface area contributed by atoms with E-state index in [1.165, 1.54) is 0 Å². The van der Waals surface area contributed by atoms with Crippen molar-refractivity contribution < 1.29 is 9.53 Å². The van der Waals surface area contributed by atoms with Crippen molar-refractivity contribution >= 4 is 23.3 Å². The minimum atomic E-state index is -0.0802. The van der Waals surface area contributed by atoms with E-state index in [4.69, 9.17) is 4.74 Å². The molecule has 0 spiro atoms. The molecule has 2 rings (SSSR count). The zero-order chi connectivity index (χ0) is 16.5. The van der Waals surface area contributed by atoms with Gasteiger partial charge in [-0.15, -0.1) is 11.3 Å². The van der Waals surface area contributed by atoms with Crippen LogP contribution in [0.5, 0.6) is 5.75 Å². The molecular weight excluding hydrogens is 308 g/mol. The number of benzene rings is 1. The maximum absolute atomic E-state index is 11.7. The van der Waals surface area contributed by atoms with E-state index in [2.05, 4.69) is 17.2 Å². The first-order valence-electron chi connectivity index (χ1n) is 7.77. The Morgan fingerprint density at radius 1 is 1.39 bits per heavy atom. The average Bonchev–Trinajstić information content (AvgIpc) is 2.97. The number of aromatic nitrogens is 1. The number of nitrogens with one attached hydrogen (secondary N) is 1. The van der Waals surface area contributed by atoms with Gasteiger partial charge in [-0.05, 0) is 25.5 Å². The largest absolute Gasteiger partial charge is 0.487 e. The Morgan fingerprint density at radius 2 is 2.22 bits per heavy atom. The fourth-order valence-corrected chi connectivity index (χ4v) is 2.59. The number of rotatable bonds is 8. The maximum atomic E-state index is 11.7. The molecule has 1 N–H and O–H groups in total. The van der Waals surface area contributed by atoms with Gasteiger partial charge in [-0.2, -0.15) is 0 Å². The van der Waals surface area contributed by atoms with Crippen molar-refractivity contribution in [2.24, 2.45) is 0 Å². The van der Waals surface area contributed by atoms with Crippen LogP contribution in [0, 0.1) is 6.92 Å². The van der Waals surface area contributed by atoms with Gasteiger partial charge in [0.2, 0.25) is 5.91 Å². The van der Waals surface area contributed by atoms with Crippen LogP contribution in [0.4, 0.5) is 0 Å². The van der Waals surface area contributed by atoms with Crippen molar-refractivity contribution in [2.45, 2.75) is 33.3 Å². The van der Waals surface area contributed by atoms with E-state index in [-0.39, 0.29) is 5.91 Å². The van der Waals surface area contributed by atoms with Gasteiger partial charge in [-0.3, -0.25) is 4.79 Å². The molecule has 0 saturated carbocycles. The SMILES string of the molecule is CCCCNC(=O)/C=C/c1ccccc1OCc1csc(C)n1. The van der Waals surface area contributed by atoms with Crippen molar-refractivity contribution in [3.63, 3.8) is 0 Å². The highest BCUT2D eigenvalue weighted by Gasteiger charge is 2.03. The first-order valence-corrected chi connectivity index (χ1v) is 8.65. The van der Waals surface area contributed by atoms with E-state index in [0.29, 0.717) is 13.2 Å². The van der Waals surface area contributed by atoms with Gasteiger partial charge in [0.1, 0.15) is 12.4 Å². The smallest absolute Gasteiger partial charge is 0.244 e. The average molecular weight is 330 g/mol. The summed E-state index contributed by atoms with van der Waals surface area (Å²) >= 11 is 1.61. The summed E-state index contributed by atoms with van der Waals surface area (Å²) in [5, 5.41) is 5.88. The number of nitrogens with zero attached hydrogens (tertiary/aromatic N) is 1. The van der Waals surface area contributed by atoms with Gasteiger partial charge in [-0.1, -0.05) is 31.5 Å². The fraction of sp³-hybridized carbons (Fsp3) is 0.333. The standard InChI is InChI=1S/C18H22N2O2S/c1-3-4-11-19-18(21)10-9-15-7-5-6-8-17(15)22-12-16-13-23-14(2)20-16/h5-10,13H,3-4,11-12H2,1-2H3,(H,19,21)/b10-9+. The van der Waals surface area contributed by atoms with Crippen LogP contribution in [0.15, 0.2) is 35.7 Å². The number of para-hydroxylation sites is 1. The minimum Gasteiger partial charge on any atom is -0.487 e. The number of hydrogen-bond acceptors (Lipinski definition) is 4. The van der Waals surface area contributed by atoms with E-state index in [9.17, 15) is 4.79 Å². The first-order chi connectivity index (χ1) is 11.2. The highest BCUT2D eigenvalue weighted by Crippen LogP contribution is 2.21. The molecule has 0 fully saturated rings. The number of thiazole rings is 1. The molecule has 0 aliphatic heterocycles. The van der Waals surface area contributed by atoms with Gasteiger partial charge >= 0.3 is 0 Å². The summed E-state index contributed by atoms with van der Waals surface area (Å²) in [5.41, 5.74) is 1.80. The van der Waals surface area contributed by atoms with Crippen LogP contribution >= 0.6 is 11.3 Å². The number of carbonyl (C=O) groups excluding carboxylic acids is 1. The number of aryl methyl sites for hydroxylation is 1. The predicted molar refractivity (Wildman–Crippen MR) is 94.6 cm³/mol. The van der Waals surface area contributed by atoms with E-state index in [1.807, 2.05) is 36.6 Å². The third kappa shape index (κ3) is 5.87. The van der Waals surface area contributed by atoms with Crippen LogP contribution in [0.3, 0.4) is 0 Å². The van der Waals surface area contributed by atoms with Crippen LogP contribution in [-0.2, 0) is 11.4 Å². The highest BCUT2D eigenvalue weighted by atomic mass is 32.1. The summed E-state index contributed by atoms with van der Waals surface area (Å²) < 4.78 is 5.83. The number of ether oxygens (including phenoxy) is 1. The third-order valence-electron chi connectivity index (χ3n) is 3.20. The van der Waals surface area contributed by atoms with Crippen LogP contribution in [0.25, 0.3) is 6.08 Å². The van der Waals surface area contributed by atoms with Crippen LogP contribution in [0.1, 0.15) is 36.0 Å². The van der Waals surface area contributed by atoms with Crippen molar-refractivity contribution in [2.75, 3.05) is 6.54 Å². The summed E-state index contributed by atoms with van der Waals surface area (Å²) in [6.07, 6.45) is 5.39. The van der Waals surface area contributed by atoms with Gasteiger partial charge in [0.15, 0.2) is 0 Å². The summed E-state index contributed by atoms with van der Waals surface area (Å²) in [6, 6.07) is 7.67. The quantitative estimate of drug-likeness (QED) is 0.589. The van der Waals surface area contributed by atoms with Crippen molar-refractivity contribution in [3.05, 3.63) is 52.0 Å². The Labute approximate surface area is 141 Å². The lowest BCUT2D eigenvalue weighted by Gasteiger charge is -2.07. The zero-order valence-electron chi connectivity index (χ0n) is 13.5. The Hall–Kier alpha value is -2.14. The van der Waals surface area contributed by atoms with Gasteiger partial charge in [0.25, 0.3) is 0 Å². The van der Waals surface area contributed by atoms with Gasteiger partial charge in [0.05, 0.1) is 10.7 Å². The predicted octanol–water partition coefficient (Wildman–Crippen LogP) is 3.96. The van der Waals surface area contributed by atoms with E-state index >= 15 is 0 Å². The van der Waals surface area contributed by atoms with Gasteiger partial charge in [0, 0.05) is 23.6 Å². The molecule has 122 valence electrons. The van der Waals surface area contributed by atoms with E-state index in [0.717, 1.165) is 34.9 Å². The minimum absolute atomic E-state index is 0.0802. The molecule has 0 aliphatic carbocycles. The second-order valence-electron chi connectivity index (χ2n) is 5.16. The van der Waals surface area contributed by atoms with Gasteiger partial charge in [-0.25, -0.2) is 4.98 Å². The van der Waals surface area contributed by atoms with Crippen molar-refractivity contribution in [1.29, 1.82) is 0 Å². The Balaban J connectivity index is 1.95. The molecule has 0 radical (unpaired) electrons. The molecular formula is C18H22N2O2S. The summed E-state index contributed by atoms with van der Waals surface area (Å²) in [6.45, 7) is 5.21. The number of unbranched alkanes of at least 4 members (excludes halogenated alkanes) is 1. The van der Waals surface area contributed by atoms with Crippen molar-refractivity contribution in [3.8, 4) is 5.75 Å². The maximum Gasteiger partial charge on any atom is 0.244 e. The third-order valence-corrected chi connectivity index (χ3v) is 4.03. The normalized spacial score (nSPS) is 10.9. The number of carbonyl (C=O) groups is 1. The van der Waals surface area contributed by atoms with Crippen LogP contribution in [0.2, 0.25) is 0 Å². The Morgan fingerprint density at radius 3 is 2.96 bits per heavy atom. The van der Waals surface area contributed by atoms with Crippen LogP contribution < -0.4 is 10.1 Å². The number of hydrogen-bond donors (Lipinski definition) is 1. The molecule has 0 saturated heterocycles. The zero-order valence-corrected chi connectivity index (χ0v) is 14.4. The second-order valence-corrected chi connectivity index (χ2v) is 6.22. The molecule has 2 aromatic rings. The topological polar surface area (TPSA) is 51.2 Å². The van der Waals surface area contributed by atoms with Crippen molar-refractivity contribution in [1.82, 2.24) is 10.3 Å². The number of amides is 1. The molecule has 23 heavy (non-hydrogen) atoms.